The third kappa shape index (κ3) is 8.90. The van der Waals surface area contributed by atoms with Gasteiger partial charge in [-0.1, -0.05) is 54.6 Å². The molecule has 0 saturated carbocycles. The third-order valence-corrected chi connectivity index (χ3v) is 8.40. The van der Waals surface area contributed by atoms with Crippen LogP contribution in [0.5, 0.6) is 5.75 Å². The van der Waals surface area contributed by atoms with Crippen molar-refractivity contribution in [3.05, 3.63) is 89.5 Å². The maximum absolute atomic E-state index is 13.6. The zero-order valence-electron chi connectivity index (χ0n) is 30.4. The SMILES string of the molecule is COCOc1ccc(C[C@H](NC(=O)OC(C)(C)C)C(=O)OC)cc1-c1cccc2c1NC(=O)/C2=C/[C@H]1COC(C)(C)N1C(=O)OCc1ccccc1. The number of ether oxygens (including phenoxy) is 6. The highest BCUT2D eigenvalue weighted by molar-refractivity contribution is 6.33. The first kappa shape index (κ1) is 37.8. The Hall–Kier alpha value is -5.40. The lowest BCUT2D eigenvalue weighted by Gasteiger charge is -2.31. The average molecular weight is 716 g/mol. The minimum atomic E-state index is -1.05. The monoisotopic (exact) mass is 715 g/mol. The topological polar surface area (TPSA) is 151 Å². The summed E-state index contributed by atoms with van der Waals surface area (Å²) >= 11 is 0. The third-order valence-electron chi connectivity index (χ3n) is 8.40. The van der Waals surface area contributed by atoms with Crippen LogP contribution in [0.15, 0.2) is 72.8 Å². The Morgan fingerprint density at radius 3 is 2.42 bits per heavy atom. The zero-order chi connectivity index (χ0) is 37.6. The molecule has 2 atom stereocenters. The number of alkyl carbamates (subject to hydrolysis) is 1. The van der Waals surface area contributed by atoms with Crippen LogP contribution in [0.2, 0.25) is 0 Å². The molecule has 1 saturated heterocycles. The Labute approximate surface area is 303 Å². The van der Waals surface area contributed by atoms with Crippen molar-refractivity contribution in [3.8, 4) is 16.9 Å². The maximum Gasteiger partial charge on any atom is 0.412 e. The number of amides is 3. The number of benzene rings is 3. The highest BCUT2D eigenvalue weighted by Crippen LogP contribution is 2.44. The van der Waals surface area contributed by atoms with Gasteiger partial charge in [-0.2, -0.15) is 0 Å². The van der Waals surface area contributed by atoms with Gasteiger partial charge in [0, 0.05) is 35.8 Å². The molecule has 3 aromatic rings. The van der Waals surface area contributed by atoms with Crippen molar-refractivity contribution >= 4 is 35.3 Å². The number of carbonyl (C=O) groups is 4. The number of nitrogens with one attached hydrogen (secondary N) is 2. The molecule has 2 aliphatic heterocycles. The Bertz CT molecular complexity index is 1830. The number of esters is 1. The Morgan fingerprint density at radius 1 is 1.00 bits per heavy atom. The number of rotatable bonds is 11. The van der Waals surface area contributed by atoms with E-state index in [1.807, 2.05) is 54.6 Å². The Morgan fingerprint density at radius 2 is 1.73 bits per heavy atom. The molecule has 13 heteroatoms. The van der Waals surface area contributed by atoms with Gasteiger partial charge in [-0.15, -0.1) is 0 Å². The molecule has 0 spiro atoms. The number of nitrogens with zero attached hydrogens (tertiary/aromatic N) is 1. The van der Waals surface area contributed by atoms with Crippen LogP contribution in [0, 0.1) is 0 Å². The van der Waals surface area contributed by atoms with Crippen molar-refractivity contribution in [1.82, 2.24) is 10.2 Å². The summed E-state index contributed by atoms with van der Waals surface area (Å²) in [6, 6.07) is 18.5. The van der Waals surface area contributed by atoms with Crippen LogP contribution in [0.1, 0.15) is 51.3 Å². The first-order chi connectivity index (χ1) is 24.7. The standard InChI is InChI=1S/C39H45N3O10/c1-38(2,3)52-36(45)40-31(35(44)48-7)19-25-16-17-32(50-23-47-6)29(18-25)27-14-11-15-28-30(34(43)41-33(27)28)20-26-22-51-39(4,5)42(26)37(46)49-21-24-12-9-8-10-13-24/h8-18,20,26,31H,19,21-23H2,1-7H3,(H,40,45)(H,41,43)/b30-20+/t26-,31-/m0/s1. The van der Waals surface area contributed by atoms with Gasteiger partial charge in [-0.3, -0.25) is 9.69 Å². The van der Waals surface area contributed by atoms with E-state index in [0.29, 0.717) is 39.3 Å². The lowest BCUT2D eigenvalue weighted by molar-refractivity contribution is -0.143. The van der Waals surface area contributed by atoms with Gasteiger partial charge in [0.25, 0.3) is 5.91 Å². The molecule has 52 heavy (non-hydrogen) atoms. The fourth-order valence-corrected chi connectivity index (χ4v) is 6.08. The molecule has 0 radical (unpaired) electrons. The van der Waals surface area contributed by atoms with E-state index in [1.165, 1.54) is 19.1 Å². The van der Waals surface area contributed by atoms with Gasteiger partial charge >= 0.3 is 18.2 Å². The van der Waals surface area contributed by atoms with Crippen LogP contribution in [-0.2, 0) is 46.3 Å². The van der Waals surface area contributed by atoms with Gasteiger partial charge in [0.15, 0.2) is 6.79 Å². The molecule has 0 aromatic heterocycles. The fraction of sp³-hybridized carbons (Fsp3) is 0.385. The molecule has 0 bridgehead atoms. The van der Waals surface area contributed by atoms with Crippen molar-refractivity contribution in [2.24, 2.45) is 0 Å². The summed E-state index contributed by atoms with van der Waals surface area (Å²) < 4.78 is 33.1. The molecular weight excluding hydrogens is 670 g/mol. The molecule has 2 aliphatic rings. The van der Waals surface area contributed by atoms with Crippen LogP contribution in [0.4, 0.5) is 15.3 Å². The first-order valence-corrected chi connectivity index (χ1v) is 16.8. The summed E-state index contributed by atoms with van der Waals surface area (Å²) in [5.41, 5.74) is 2.52. The Balaban J connectivity index is 1.46. The maximum atomic E-state index is 13.6. The first-order valence-electron chi connectivity index (χ1n) is 16.8. The fourth-order valence-electron chi connectivity index (χ4n) is 6.08. The second-order valence-electron chi connectivity index (χ2n) is 13.8. The number of para-hydroxylation sites is 1. The summed E-state index contributed by atoms with van der Waals surface area (Å²) in [6.45, 7) is 8.93. The molecule has 1 fully saturated rings. The zero-order valence-corrected chi connectivity index (χ0v) is 30.4. The molecule has 0 unspecified atom stereocenters. The van der Waals surface area contributed by atoms with Crippen LogP contribution in [0.3, 0.4) is 0 Å². The summed E-state index contributed by atoms with van der Waals surface area (Å²) in [5.74, 6) is -0.543. The van der Waals surface area contributed by atoms with Gasteiger partial charge in [0.05, 0.1) is 25.4 Å². The molecular formula is C39H45N3O10. The van der Waals surface area contributed by atoms with Crippen LogP contribution < -0.4 is 15.4 Å². The lowest BCUT2D eigenvalue weighted by atomic mass is 9.94. The van der Waals surface area contributed by atoms with E-state index in [0.717, 1.165) is 5.56 Å². The number of hydrogen-bond acceptors (Lipinski definition) is 10. The highest BCUT2D eigenvalue weighted by Gasteiger charge is 2.45. The number of methoxy groups -OCH3 is 2. The minimum Gasteiger partial charge on any atom is -0.467 e. The van der Waals surface area contributed by atoms with Gasteiger partial charge in [-0.25, -0.2) is 14.4 Å². The number of hydrogen-bond donors (Lipinski definition) is 2. The second-order valence-corrected chi connectivity index (χ2v) is 13.8. The molecule has 2 heterocycles. The largest absolute Gasteiger partial charge is 0.467 e. The molecule has 13 nitrogen and oxygen atoms in total. The van der Waals surface area contributed by atoms with Crippen molar-refractivity contribution in [2.45, 2.75) is 71.1 Å². The van der Waals surface area contributed by atoms with Crippen molar-refractivity contribution in [3.63, 3.8) is 0 Å². The van der Waals surface area contributed by atoms with Crippen molar-refractivity contribution < 1.29 is 47.6 Å². The van der Waals surface area contributed by atoms with Crippen LogP contribution >= 0.6 is 0 Å². The normalized spacial score (nSPS) is 17.6. The predicted molar refractivity (Wildman–Crippen MR) is 192 cm³/mol. The minimum absolute atomic E-state index is 0.0441. The number of carbonyl (C=O) groups excluding carboxylic acids is 4. The van der Waals surface area contributed by atoms with E-state index >= 15 is 0 Å². The van der Waals surface area contributed by atoms with Crippen molar-refractivity contribution in [2.75, 3.05) is 32.9 Å². The predicted octanol–water partition coefficient (Wildman–Crippen LogP) is 6.05. The average Bonchev–Trinajstić information content (AvgIpc) is 3.59. The van der Waals surface area contributed by atoms with Gasteiger partial charge < -0.3 is 39.1 Å². The molecule has 3 aromatic carbocycles. The second kappa shape index (κ2) is 15.9. The van der Waals surface area contributed by atoms with Crippen LogP contribution in [-0.4, -0.2) is 80.0 Å². The smallest absolute Gasteiger partial charge is 0.412 e. The van der Waals surface area contributed by atoms with Gasteiger partial charge in [0.1, 0.15) is 29.7 Å². The quantitative estimate of drug-likeness (QED) is 0.104. The molecule has 3 amide bonds. The summed E-state index contributed by atoms with van der Waals surface area (Å²) in [4.78, 5) is 53.8. The van der Waals surface area contributed by atoms with Gasteiger partial charge in [0.2, 0.25) is 0 Å². The summed E-state index contributed by atoms with van der Waals surface area (Å²) in [5, 5.41) is 5.60. The highest BCUT2D eigenvalue weighted by atomic mass is 16.7. The Kier molecular flexibility index (Phi) is 11.6. The van der Waals surface area contributed by atoms with E-state index in [9.17, 15) is 19.2 Å². The lowest BCUT2D eigenvalue weighted by Crippen LogP contribution is -2.47. The van der Waals surface area contributed by atoms with E-state index in [1.54, 1.807) is 52.8 Å². The van der Waals surface area contributed by atoms with Crippen molar-refractivity contribution in [1.29, 1.82) is 0 Å². The molecule has 2 N–H and O–H groups in total. The number of fused-ring (bicyclic) bond motifs is 1. The summed E-state index contributed by atoms with van der Waals surface area (Å²) in [6.07, 6.45) is 0.476. The molecule has 276 valence electrons. The molecule has 0 aliphatic carbocycles. The summed E-state index contributed by atoms with van der Waals surface area (Å²) in [7, 11) is 2.75. The molecule has 5 rings (SSSR count). The van der Waals surface area contributed by atoms with E-state index < -0.39 is 41.6 Å². The van der Waals surface area contributed by atoms with Crippen LogP contribution in [0.25, 0.3) is 16.7 Å². The van der Waals surface area contributed by atoms with E-state index in [4.69, 9.17) is 28.4 Å². The van der Waals surface area contributed by atoms with E-state index in [-0.39, 0.29) is 32.3 Å². The number of anilines is 1. The van der Waals surface area contributed by atoms with E-state index in [2.05, 4.69) is 10.6 Å². The van der Waals surface area contributed by atoms with Gasteiger partial charge in [-0.05, 0) is 64.0 Å².